The lowest BCUT2D eigenvalue weighted by atomic mass is 10.2. The standard InChI is InChI=1S/C28H28ClN3O4S/c1-36-26-9-5-4-8-25(26)30-14-16-31(17-15-30)28(33)19-32-18-27(23-6-2-3-7-24(23)32)37(34,35)20-21-10-12-22(29)13-11-21/h2-13,18H,14-17,19-20H2,1H3. The Morgan fingerprint density at radius 2 is 1.59 bits per heavy atom. The van der Waals surface area contributed by atoms with Crippen LogP contribution in [0.3, 0.4) is 0 Å². The summed E-state index contributed by atoms with van der Waals surface area (Å²) in [7, 11) is -1.99. The van der Waals surface area contributed by atoms with Crippen LogP contribution in [-0.2, 0) is 26.9 Å². The van der Waals surface area contributed by atoms with Crippen molar-refractivity contribution in [1.29, 1.82) is 0 Å². The van der Waals surface area contributed by atoms with Crippen LogP contribution in [0.25, 0.3) is 10.9 Å². The summed E-state index contributed by atoms with van der Waals surface area (Å²) in [5.41, 5.74) is 2.40. The lowest BCUT2D eigenvalue weighted by Crippen LogP contribution is -2.49. The van der Waals surface area contributed by atoms with E-state index in [-0.39, 0.29) is 23.1 Å². The quantitative estimate of drug-likeness (QED) is 0.344. The van der Waals surface area contributed by atoms with E-state index >= 15 is 0 Å². The van der Waals surface area contributed by atoms with E-state index in [4.69, 9.17) is 16.3 Å². The molecule has 1 amide bonds. The normalized spacial score (nSPS) is 14.2. The minimum absolute atomic E-state index is 0.0397. The largest absolute Gasteiger partial charge is 0.495 e. The Labute approximate surface area is 221 Å². The number of anilines is 1. The fourth-order valence-corrected chi connectivity index (χ4v) is 6.51. The molecule has 3 aromatic carbocycles. The monoisotopic (exact) mass is 537 g/mol. The number of piperazine rings is 1. The topological polar surface area (TPSA) is 71.8 Å². The molecule has 0 saturated carbocycles. The summed E-state index contributed by atoms with van der Waals surface area (Å²) in [6.45, 7) is 2.62. The van der Waals surface area contributed by atoms with E-state index in [2.05, 4.69) is 4.90 Å². The van der Waals surface area contributed by atoms with Gasteiger partial charge < -0.3 is 19.1 Å². The third kappa shape index (κ3) is 5.31. The van der Waals surface area contributed by atoms with E-state index < -0.39 is 9.84 Å². The summed E-state index contributed by atoms with van der Waals surface area (Å²) in [6.07, 6.45) is 1.60. The second kappa shape index (κ2) is 10.5. The maximum atomic E-state index is 13.4. The Morgan fingerprint density at radius 3 is 2.32 bits per heavy atom. The summed E-state index contributed by atoms with van der Waals surface area (Å²) in [4.78, 5) is 17.5. The van der Waals surface area contributed by atoms with Crippen LogP contribution in [0.2, 0.25) is 5.02 Å². The molecule has 9 heteroatoms. The second-order valence-electron chi connectivity index (χ2n) is 9.06. The van der Waals surface area contributed by atoms with Gasteiger partial charge in [-0.1, -0.05) is 54.1 Å². The van der Waals surface area contributed by atoms with Crippen LogP contribution in [0.1, 0.15) is 5.56 Å². The number of ether oxygens (including phenoxy) is 1. The minimum Gasteiger partial charge on any atom is -0.495 e. The number of carbonyl (C=O) groups excluding carboxylic acids is 1. The number of methoxy groups -OCH3 is 1. The van der Waals surface area contributed by atoms with Crippen LogP contribution >= 0.6 is 11.6 Å². The summed E-state index contributed by atoms with van der Waals surface area (Å²) in [6, 6.07) is 22.0. The van der Waals surface area contributed by atoms with E-state index in [0.29, 0.717) is 42.2 Å². The highest BCUT2D eigenvalue weighted by molar-refractivity contribution is 7.90. The molecule has 0 bridgehead atoms. The lowest BCUT2D eigenvalue weighted by Gasteiger charge is -2.36. The highest BCUT2D eigenvalue weighted by Gasteiger charge is 2.26. The number of rotatable bonds is 7. The van der Waals surface area contributed by atoms with Crippen molar-refractivity contribution in [1.82, 2.24) is 9.47 Å². The van der Waals surface area contributed by atoms with Crippen LogP contribution in [-0.4, -0.2) is 57.1 Å². The maximum Gasteiger partial charge on any atom is 0.242 e. The van der Waals surface area contributed by atoms with Crippen molar-refractivity contribution in [2.45, 2.75) is 17.2 Å². The number of sulfone groups is 1. The van der Waals surface area contributed by atoms with E-state index in [9.17, 15) is 13.2 Å². The van der Waals surface area contributed by atoms with Gasteiger partial charge in [0.25, 0.3) is 0 Å². The molecule has 37 heavy (non-hydrogen) atoms. The first kappa shape index (κ1) is 25.2. The molecular formula is C28H28ClN3O4S. The zero-order valence-electron chi connectivity index (χ0n) is 20.5. The average molecular weight is 538 g/mol. The van der Waals surface area contributed by atoms with Gasteiger partial charge in [0.05, 0.1) is 23.4 Å². The summed E-state index contributed by atoms with van der Waals surface area (Å²) < 4.78 is 34.0. The molecule has 5 rings (SSSR count). The van der Waals surface area contributed by atoms with Crippen molar-refractivity contribution in [2.24, 2.45) is 0 Å². The van der Waals surface area contributed by atoms with Gasteiger partial charge in [0, 0.05) is 48.3 Å². The minimum atomic E-state index is -3.64. The summed E-state index contributed by atoms with van der Waals surface area (Å²) >= 11 is 5.95. The summed E-state index contributed by atoms with van der Waals surface area (Å²) in [5.74, 6) is 0.632. The zero-order chi connectivity index (χ0) is 26.0. The molecule has 0 radical (unpaired) electrons. The average Bonchev–Trinajstić information content (AvgIpc) is 3.29. The molecule has 1 fully saturated rings. The molecule has 1 aromatic heterocycles. The number of nitrogens with zero attached hydrogens (tertiary/aromatic N) is 3. The molecule has 0 aliphatic carbocycles. The predicted molar refractivity (Wildman–Crippen MR) is 146 cm³/mol. The van der Waals surface area contributed by atoms with Gasteiger partial charge in [0.2, 0.25) is 5.91 Å². The number of benzene rings is 3. The van der Waals surface area contributed by atoms with Gasteiger partial charge in [-0.3, -0.25) is 4.79 Å². The molecule has 1 aliphatic rings. The lowest BCUT2D eigenvalue weighted by molar-refractivity contribution is -0.132. The fraction of sp³-hybridized carbons (Fsp3) is 0.250. The second-order valence-corrected chi connectivity index (χ2v) is 11.5. The molecule has 2 heterocycles. The van der Waals surface area contributed by atoms with Crippen molar-refractivity contribution in [3.63, 3.8) is 0 Å². The number of carbonyl (C=O) groups is 1. The molecule has 0 unspecified atom stereocenters. The van der Waals surface area contributed by atoms with Crippen LogP contribution in [0.15, 0.2) is 83.9 Å². The van der Waals surface area contributed by atoms with E-state index in [1.807, 2.05) is 47.4 Å². The van der Waals surface area contributed by atoms with Crippen molar-refractivity contribution in [3.8, 4) is 5.75 Å². The van der Waals surface area contributed by atoms with Crippen LogP contribution in [0, 0.1) is 0 Å². The van der Waals surface area contributed by atoms with Crippen molar-refractivity contribution >= 4 is 43.9 Å². The molecule has 7 nitrogen and oxygen atoms in total. The number of hydrogen-bond donors (Lipinski definition) is 0. The Morgan fingerprint density at radius 1 is 0.919 bits per heavy atom. The Hall–Kier alpha value is -3.49. The molecule has 192 valence electrons. The van der Waals surface area contributed by atoms with Gasteiger partial charge in [-0.25, -0.2) is 8.42 Å². The Balaban J connectivity index is 1.33. The van der Waals surface area contributed by atoms with Gasteiger partial charge in [0.15, 0.2) is 9.84 Å². The molecular weight excluding hydrogens is 510 g/mol. The molecule has 0 N–H and O–H groups in total. The van der Waals surface area contributed by atoms with Crippen molar-refractivity contribution < 1.29 is 17.9 Å². The number of hydrogen-bond acceptors (Lipinski definition) is 5. The first-order valence-corrected chi connectivity index (χ1v) is 14.1. The third-order valence-corrected chi connectivity index (χ3v) is 8.68. The van der Waals surface area contributed by atoms with Crippen LogP contribution < -0.4 is 9.64 Å². The number of halogens is 1. The SMILES string of the molecule is COc1ccccc1N1CCN(C(=O)Cn2cc(S(=O)(=O)Cc3ccc(Cl)cc3)c3ccccc32)CC1. The van der Waals surface area contributed by atoms with E-state index in [1.54, 1.807) is 48.2 Å². The van der Waals surface area contributed by atoms with Gasteiger partial charge in [-0.15, -0.1) is 0 Å². The molecule has 1 aliphatic heterocycles. The highest BCUT2D eigenvalue weighted by atomic mass is 35.5. The number of aromatic nitrogens is 1. The summed E-state index contributed by atoms with van der Waals surface area (Å²) in [5, 5.41) is 1.17. The fourth-order valence-electron chi connectivity index (χ4n) is 4.80. The van der Waals surface area contributed by atoms with Gasteiger partial charge in [-0.05, 0) is 35.9 Å². The third-order valence-electron chi connectivity index (χ3n) is 6.72. The predicted octanol–water partition coefficient (Wildman–Crippen LogP) is 4.63. The van der Waals surface area contributed by atoms with Gasteiger partial charge >= 0.3 is 0 Å². The van der Waals surface area contributed by atoms with Crippen LogP contribution in [0.4, 0.5) is 5.69 Å². The number of fused-ring (bicyclic) bond motifs is 1. The van der Waals surface area contributed by atoms with Crippen LogP contribution in [0.5, 0.6) is 5.75 Å². The zero-order valence-corrected chi connectivity index (χ0v) is 22.1. The Kier molecular flexibility index (Phi) is 7.13. The number of amides is 1. The number of para-hydroxylation sites is 3. The van der Waals surface area contributed by atoms with Gasteiger partial charge in [-0.2, -0.15) is 0 Å². The van der Waals surface area contributed by atoms with Crippen molar-refractivity contribution in [2.75, 3.05) is 38.2 Å². The van der Waals surface area contributed by atoms with E-state index in [0.717, 1.165) is 17.0 Å². The van der Waals surface area contributed by atoms with Crippen molar-refractivity contribution in [3.05, 3.63) is 89.6 Å². The molecule has 0 spiro atoms. The maximum absolute atomic E-state index is 13.4. The first-order chi connectivity index (χ1) is 17.9. The molecule has 4 aromatic rings. The Bertz CT molecular complexity index is 1520. The van der Waals surface area contributed by atoms with E-state index in [1.165, 1.54) is 0 Å². The molecule has 0 atom stereocenters. The first-order valence-electron chi connectivity index (χ1n) is 12.1. The molecule has 1 saturated heterocycles. The highest BCUT2D eigenvalue weighted by Crippen LogP contribution is 2.30. The smallest absolute Gasteiger partial charge is 0.242 e. The van der Waals surface area contributed by atoms with Gasteiger partial charge in [0.1, 0.15) is 12.3 Å².